The molecule has 18 heavy (non-hydrogen) atoms. The van der Waals surface area contributed by atoms with Gasteiger partial charge in [-0.25, -0.2) is 15.8 Å². The van der Waals surface area contributed by atoms with Crippen molar-refractivity contribution in [2.45, 2.75) is 19.4 Å². The van der Waals surface area contributed by atoms with E-state index in [9.17, 15) is 0 Å². The number of rotatable bonds is 3. The van der Waals surface area contributed by atoms with Gasteiger partial charge in [-0.3, -0.25) is 0 Å². The number of nitrogens with zero attached hydrogens (tertiary/aromatic N) is 4. The molecule has 0 aromatic carbocycles. The first-order valence-corrected chi connectivity index (χ1v) is 6.28. The summed E-state index contributed by atoms with van der Waals surface area (Å²) in [5, 5.41) is 0. The zero-order chi connectivity index (χ0) is 13.1. The third-order valence-electron chi connectivity index (χ3n) is 3.45. The molecule has 1 saturated heterocycles. The van der Waals surface area contributed by atoms with Crippen LogP contribution in [0.25, 0.3) is 0 Å². The Balaban J connectivity index is 2.10. The van der Waals surface area contributed by atoms with Crippen LogP contribution in [0.3, 0.4) is 0 Å². The van der Waals surface area contributed by atoms with Gasteiger partial charge in [0, 0.05) is 43.9 Å². The fourth-order valence-electron chi connectivity index (χ4n) is 2.33. The summed E-state index contributed by atoms with van der Waals surface area (Å²) in [7, 11) is 4.32. The molecule has 0 aliphatic carbocycles. The first-order valence-electron chi connectivity index (χ1n) is 6.28. The lowest BCUT2D eigenvalue weighted by Crippen LogP contribution is -2.51. The van der Waals surface area contributed by atoms with Crippen molar-refractivity contribution in [2.75, 3.05) is 39.2 Å². The summed E-state index contributed by atoms with van der Waals surface area (Å²) < 4.78 is 0. The van der Waals surface area contributed by atoms with Crippen LogP contribution in [0.2, 0.25) is 0 Å². The quantitative estimate of drug-likeness (QED) is 0.575. The van der Waals surface area contributed by atoms with Gasteiger partial charge in [0.1, 0.15) is 11.6 Å². The number of anilines is 1. The van der Waals surface area contributed by atoms with Gasteiger partial charge in [-0.15, -0.1) is 0 Å². The van der Waals surface area contributed by atoms with Crippen molar-refractivity contribution in [2.24, 2.45) is 5.84 Å². The van der Waals surface area contributed by atoms with Gasteiger partial charge in [-0.05, 0) is 21.0 Å². The minimum Gasteiger partial charge on any atom is -0.308 e. The fraction of sp³-hybridized carbons (Fsp3) is 0.667. The molecule has 1 unspecified atom stereocenters. The summed E-state index contributed by atoms with van der Waals surface area (Å²) in [5.41, 5.74) is 3.53. The summed E-state index contributed by atoms with van der Waals surface area (Å²) in [6.07, 6.45) is 0.858. The van der Waals surface area contributed by atoms with E-state index in [4.69, 9.17) is 5.84 Å². The highest BCUT2D eigenvalue weighted by atomic mass is 15.3. The highest BCUT2D eigenvalue weighted by Gasteiger charge is 2.23. The molecule has 1 aliphatic rings. The Labute approximate surface area is 108 Å². The van der Waals surface area contributed by atoms with Crippen molar-refractivity contribution in [3.05, 3.63) is 17.6 Å². The molecule has 0 amide bonds. The number of hydrogen-bond acceptors (Lipinski definition) is 6. The number of nitrogen functional groups attached to an aromatic ring is 1. The SMILES string of the molecule is Cc1cc(NN)nc(CC2CN(C)CCN2C)n1. The molecule has 1 fully saturated rings. The highest BCUT2D eigenvalue weighted by Crippen LogP contribution is 2.12. The molecule has 0 saturated carbocycles. The van der Waals surface area contributed by atoms with Gasteiger partial charge < -0.3 is 15.2 Å². The lowest BCUT2D eigenvalue weighted by molar-refractivity contribution is 0.113. The molecule has 1 aromatic heterocycles. The third-order valence-corrected chi connectivity index (χ3v) is 3.45. The van der Waals surface area contributed by atoms with Crippen molar-refractivity contribution in [1.82, 2.24) is 19.8 Å². The summed E-state index contributed by atoms with van der Waals surface area (Å²) in [6, 6.07) is 2.32. The Kier molecular flexibility index (Phi) is 4.11. The number of aromatic nitrogens is 2. The lowest BCUT2D eigenvalue weighted by Gasteiger charge is -2.37. The number of hydrazine groups is 1. The van der Waals surface area contributed by atoms with E-state index in [1.807, 2.05) is 13.0 Å². The molecule has 0 spiro atoms. The van der Waals surface area contributed by atoms with Crippen LogP contribution < -0.4 is 11.3 Å². The maximum atomic E-state index is 5.41. The molecule has 2 heterocycles. The molecule has 3 N–H and O–H groups in total. The maximum Gasteiger partial charge on any atom is 0.143 e. The van der Waals surface area contributed by atoms with Crippen LogP contribution in [0.15, 0.2) is 6.07 Å². The number of hydrogen-bond donors (Lipinski definition) is 2. The Bertz CT molecular complexity index is 408. The van der Waals surface area contributed by atoms with Gasteiger partial charge in [-0.2, -0.15) is 0 Å². The molecule has 6 heteroatoms. The summed E-state index contributed by atoms with van der Waals surface area (Å²) in [5.74, 6) is 6.95. The highest BCUT2D eigenvalue weighted by molar-refractivity contribution is 5.34. The topological polar surface area (TPSA) is 70.3 Å². The van der Waals surface area contributed by atoms with Crippen LogP contribution in [0.4, 0.5) is 5.82 Å². The smallest absolute Gasteiger partial charge is 0.143 e. The van der Waals surface area contributed by atoms with E-state index in [-0.39, 0.29) is 0 Å². The van der Waals surface area contributed by atoms with E-state index in [0.717, 1.165) is 37.6 Å². The second kappa shape index (κ2) is 5.60. The van der Waals surface area contributed by atoms with Crippen LogP contribution in [0.1, 0.15) is 11.5 Å². The van der Waals surface area contributed by atoms with Gasteiger partial charge in [0.25, 0.3) is 0 Å². The Hall–Kier alpha value is -1.24. The van der Waals surface area contributed by atoms with Crippen LogP contribution >= 0.6 is 0 Å². The van der Waals surface area contributed by atoms with Crippen molar-refractivity contribution >= 4 is 5.82 Å². The second-order valence-corrected chi connectivity index (χ2v) is 5.06. The zero-order valence-electron chi connectivity index (χ0n) is 11.3. The van der Waals surface area contributed by atoms with Crippen LogP contribution in [-0.2, 0) is 6.42 Å². The van der Waals surface area contributed by atoms with E-state index in [2.05, 4.69) is 39.3 Å². The van der Waals surface area contributed by atoms with E-state index in [1.165, 1.54) is 0 Å². The van der Waals surface area contributed by atoms with Gasteiger partial charge in [0.15, 0.2) is 0 Å². The summed E-state index contributed by atoms with van der Waals surface area (Å²) in [4.78, 5) is 13.6. The number of likely N-dealkylation sites (N-methyl/N-ethyl adjacent to an activating group) is 2. The predicted molar refractivity (Wildman–Crippen MR) is 72.2 cm³/mol. The first-order chi connectivity index (χ1) is 8.58. The van der Waals surface area contributed by atoms with E-state index in [1.54, 1.807) is 0 Å². The van der Waals surface area contributed by atoms with Gasteiger partial charge in [0.05, 0.1) is 0 Å². The van der Waals surface area contributed by atoms with E-state index in [0.29, 0.717) is 11.9 Å². The standard InChI is InChI=1S/C12H22N6/c1-9-6-12(16-13)15-11(14-9)7-10-8-17(2)4-5-18(10)3/h6,10H,4-5,7-8,13H2,1-3H3,(H,14,15,16). The molecule has 1 atom stereocenters. The monoisotopic (exact) mass is 250 g/mol. The Morgan fingerprint density at radius 1 is 1.39 bits per heavy atom. The number of piperazine rings is 1. The Morgan fingerprint density at radius 3 is 2.89 bits per heavy atom. The minimum atomic E-state index is 0.469. The third kappa shape index (κ3) is 3.16. The number of aryl methyl sites for hydroxylation is 1. The molecule has 6 nitrogen and oxygen atoms in total. The van der Waals surface area contributed by atoms with Crippen LogP contribution in [0.5, 0.6) is 0 Å². The first kappa shape index (κ1) is 13.2. The molecular weight excluding hydrogens is 228 g/mol. The van der Waals surface area contributed by atoms with Crippen molar-refractivity contribution in [3.63, 3.8) is 0 Å². The number of nitrogens with one attached hydrogen (secondary N) is 1. The van der Waals surface area contributed by atoms with Gasteiger partial charge in [0.2, 0.25) is 0 Å². The number of nitrogens with two attached hydrogens (primary N) is 1. The largest absolute Gasteiger partial charge is 0.308 e. The zero-order valence-corrected chi connectivity index (χ0v) is 11.3. The van der Waals surface area contributed by atoms with Crippen molar-refractivity contribution < 1.29 is 0 Å². The summed E-state index contributed by atoms with van der Waals surface area (Å²) >= 11 is 0. The van der Waals surface area contributed by atoms with Crippen molar-refractivity contribution in [3.8, 4) is 0 Å². The van der Waals surface area contributed by atoms with Crippen LogP contribution in [0, 0.1) is 6.92 Å². The van der Waals surface area contributed by atoms with Gasteiger partial charge in [-0.1, -0.05) is 0 Å². The molecule has 2 rings (SSSR count). The fourth-order valence-corrected chi connectivity index (χ4v) is 2.33. The second-order valence-electron chi connectivity index (χ2n) is 5.06. The molecular formula is C12H22N6. The lowest BCUT2D eigenvalue weighted by atomic mass is 10.1. The Morgan fingerprint density at radius 2 is 2.17 bits per heavy atom. The van der Waals surface area contributed by atoms with Crippen molar-refractivity contribution in [1.29, 1.82) is 0 Å². The average molecular weight is 250 g/mol. The predicted octanol–water partition coefficient (Wildman–Crippen LogP) is -0.141. The molecule has 1 aromatic rings. The molecule has 0 radical (unpaired) electrons. The average Bonchev–Trinajstić information content (AvgIpc) is 2.33. The van der Waals surface area contributed by atoms with Crippen LogP contribution in [-0.4, -0.2) is 59.5 Å². The van der Waals surface area contributed by atoms with E-state index < -0.39 is 0 Å². The normalized spacial score (nSPS) is 22.1. The maximum absolute atomic E-state index is 5.41. The molecule has 1 aliphatic heterocycles. The molecule has 0 bridgehead atoms. The van der Waals surface area contributed by atoms with Gasteiger partial charge >= 0.3 is 0 Å². The van der Waals surface area contributed by atoms with E-state index >= 15 is 0 Å². The molecule has 100 valence electrons. The minimum absolute atomic E-state index is 0.469. The summed E-state index contributed by atoms with van der Waals surface area (Å²) in [6.45, 7) is 5.23.